The largest absolute Gasteiger partial charge is 0.373 e. The van der Waals surface area contributed by atoms with Gasteiger partial charge in [-0.1, -0.05) is 27.2 Å². The average Bonchev–Trinajstić information content (AvgIpc) is 2.48. The maximum Gasteiger partial charge on any atom is 0.137 e. The van der Waals surface area contributed by atoms with Crippen molar-refractivity contribution in [2.24, 2.45) is 5.92 Å². The van der Waals surface area contributed by atoms with Crippen molar-refractivity contribution in [3.05, 3.63) is 11.9 Å². The molecule has 1 aromatic rings. The lowest BCUT2D eigenvalue weighted by Crippen LogP contribution is -2.48. The van der Waals surface area contributed by atoms with E-state index in [1.54, 1.807) is 6.33 Å². The van der Waals surface area contributed by atoms with Gasteiger partial charge in [-0.3, -0.25) is 4.90 Å². The van der Waals surface area contributed by atoms with Gasteiger partial charge in [0.25, 0.3) is 0 Å². The van der Waals surface area contributed by atoms with Crippen molar-refractivity contribution in [2.45, 2.75) is 33.6 Å². The molecule has 118 valence electrons. The second-order valence-electron chi connectivity index (χ2n) is 6.21. The van der Waals surface area contributed by atoms with Crippen LogP contribution in [0.2, 0.25) is 0 Å². The van der Waals surface area contributed by atoms with Crippen LogP contribution in [0.4, 0.5) is 11.6 Å². The first-order valence-corrected chi connectivity index (χ1v) is 8.14. The molecule has 0 aliphatic carbocycles. The molecule has 0 radical (unpaired) electrons. The first kappa shape index (κ1) is 16.0. The highest BCUT2D eigenvalue weighted by Crippen LogP contribution is 2.25. The van der Waals surface area contributed by atoms with Crippen LogP contribution in [0.3, 0.4) is 0 Å². The van der Waals surface area contributed by atoms with Gasteiger partial charge < -0.3 is 10.2 Å². The van der Waals surface area contributed by atoms with E-state index in [1.807, 2.05) is 7.05 Å². The first-order chi connectivity index (χ1) is 10.2. The maximum atomic E-state index is 4.57. The molecular formula is C16H29N5. The molecule has 1 aliphatic rings. The second kappa shape index (κ2) is 7.59. The van der Waals surface area contributed by atoms with Gasteiger partial charge in [0.2, 0.25) is 0 Å². The average molecular weight is 291 g/mol. The van der Waals surface area contributed by atoms with Crippen LogP contribution in [0, 0.1) is 5.92 Å². The van der Waals surface area contributed by atoms with Gasteiger partial charge in [0.15, 0.2) is 0 Å². The van der Waals surface area contributed by atoms with Crippen molar-refractivity contribution >= 4 is 11.6 Å². The van der Waals surface area contributed by atoms with Crippen LogP contribution in [0.5, 0.6) is 0 Å². The van der Waals surface area contributed by atoms with Gasteiger partial charge in [-0.05, 0) is 12.3 Å². The highest BCUT2D eigenvalue weighted by atomic mass is 15.3. The Bertz CT molecular complexity index is 438. The quantitative estimate of drug-likeness (QED) is 0.871. The molecule has 0 spiro atoms. The van der Waals surface area contributed by atoms with E-state index in [1.165, 1.54) is 12.1 Å². The Morgan fingerprint density at radius 2 is 1.90 bits per heavy atom. The molecule has 5 heteroatoms. The number of nitrogens with one attached hydrogen (secondary N) is 1. The lowest BCUT2D eigenvalue weighted by atomic mass is 10.1. The molecule has 2 rings (SSSR count). The summed E-state index contributed by atoms with van der Waals surface area (Å²) in [4.78, 5) is 13.9. The van der Waals surface area contributed by atoms with Crippen LogP contribution in [-0.4, -0.2) is 54.6 Å². The van der Waals surface area contributed by atoms with Gasteiger partial charge in [0, 0.05) is 45.3 Å². The Morgan fingerprint density at radius 3 is 2.48 bits per heavy atom. The van der Waals surface area contributed by atoms with Gasteiger partial charge in [0.05, 0.1) is 0 Å². The Balaban J connectivity index is 2.09. The zero-order valence-electron chi connectivity index (χ0n) is 13.9. The van der Waals surface area contributed by atoms with Crippen LogP contribution in [0.1, 0.15) is 32.8 Å². The third kappa shape index (κ3) is 4.06. The van der Waals surface area contributed by atoms with E-state index >= 15 is 0 Å². The molecular weight excluding hydrogens is 262 g/mol. The summed E-state index contributed by atoms with van der Waals surface area (Å²) in [5, 5.41) is 3.21. The molecule has 1 aromatic heterocycles. The lowest BCUT2D eigenvalue weighted by molar-refractivity contribution is 0.231. The third-order valence-electron chi connectivity index (χ3n) is 3.95. The fourth-order valence-electron chi connectivity index (χ4n) is 3.03. The summed E-state index contributed by atoms with van der Waals surface area (Å²) in [6.45, 7) is 12.3. The van der Waals surface area contributed by atoms with Gasteiger partial charge in [0.1, 0.15) is 18.0 Å². The normalized spacial score (nSPS) is 16.5. The summed E-state index contributed by atoms with van der Waals surface area (Å²) < 4.78 is 0. The number of piperazine rings is 1. The first-order valence-electron chi connectivity index (χ1n) is 8.14. The Kier molecular flexibility index (Phi) is 5.79. The molecule has 1 fully saturated rings. The monoisotopic (exact) mass is 291 g/mol. The highest BCUT2D eigenvalue weighted by molar-refractivity contribution is 5.58. The summed E-state index contributed by atoms with van der Waals surface area (Å²) in [5.74, 6) is 2.84. The van der Waals surface area contributed by atoms with E-state index in [-0.39, 0.29) is 0 Å². The van der Waals surface area contributed by atoms with Gasteiger partial charge in [-0.25, -0.2) is 9.97 Å². The standard InChI is InChI=1S/C16H29N5/c1-5-6-14-15(17-4)18-12-19-16(14)21-9-7-20(8-10-21)11-13(2)3/h12-13H,5-11H2,1-4H3,(H,17,18,19). The van der Waals surface area contributed by atoms with Crippen molar-refractivity contribution in [3.63, 3.8) is 0 Å². The predicted molar refractivity (Wildman–Crippen MR) is 89.1 cm³/mol. The van der Waals surface area contributed by atoms with Crippen molar-refractivity contribution in [3.8, 4) is 0 Å². The minimum Gasteiger partial charge on any atom is -0.373 e. The zero-order valence-corrected chi connectivity index (χ0v) is 13.9. The minimum absolute atomic E-state index is 0.738. The van der Waals surface area contributed by atoms with Crippen LogP contribution < -0.4 is 10.2 Å². The number of hydrogen-bond acceptors (Lipinski definition) is 5. The molecule has 1 aliphatic heterocycles. The molecule has 5 nitrogen and oxygen atoms in total. The molecule has 0 aromatic carbocycles. The molecule has 0 unspecified atom stereocenters. The number of anilines is 2. The second-order valence-corrected chi connectivity index (χ2v) is 6.21. The van der Waals surface area contributed by atoms with Crippen LogP contribution >= 0.6 is 0 Å². The Morgan fingerprint density at radius 1 is 1.19 bits per heavy atom. The fraction of sp³-hybridized carbons (Fsp3) is 0.750. The fourth-order valence-corrected chi connectivity index (χ4v) is 3.03. The van der Waals surface area contributed by atoms with Crippen LogP contribution in [-0.2, 0) is 6.42 Å². The molecule has 1 N–H and O–H groups in total. The molecule has 1 saturated heterocycles. The van der Waals surface area contributed by atoms with Crippen molar-refractivity contribution in [2.75, 3.05) is 50.0 Å². The maximum absolute atomic E-state index is 4.57. The van der Waals surface area contributed by atoms with Gasteiger partial charge in [-0.2, -0.15) is 0 Å². The van der Waals surface area contributed by atoms with Crippen molar-refractivity contribution in [1.29, 1.82) is 0 Å². The van der Waals surface area contributed by atoms with E-state index in [9.17, 15) is 0 Å². The minimum atomic E-state index is 0.738. The van der Waals surface area contributed by atoms with E-state index in [4.69, 9.17) is 0 Å². The van der Waals surface area contributed by atoms with E-state index < -0.39 is 0 Å². The smallest absolute Gasteiger partial charge is 0.137 e. The zero-order chi connectivity index (χ0) is 15.2. The van der Waals surface area contributed by atoms with Crippen LogP contribution in [0.25, 0.3) is 0 Å². The van der Waals surface area contributed by atoms with Crippen LogP contribution in [0.15, 0.2) is 6.33 Å². The summed E-state index contributed by atoms with van der Waals surface area (Å²) >= 11 is 0. The highest BCUT2D eigenvalue weighted by Gasteiger charge is 2.21. The molecule has 0 atom stereocenters. The summed E-state index contributed by atoms with van der Waals surface area (Å²) in [5.41, 5.74) is 1.26. The van der Waals surface area contributed by atoms with Gasteiger partial charge in [-0.15, -0.1) is 0 Å². The molecule has 0 amide bonds. The molecule has 2 heterocycles. The summed E-state index contributed by atoms with van der Waals surface area (Å²) in [6, 6.07) is 0. The molecule has 0 saturated carbocycles. The predicted octanol–water partition coefficient (Wildman–Crippen LogP) is 2.25. The van der Waals surface area contributed by atoms with Crippen molar-refractivity contribution in [1.82, 2.24) is 14.9 Å². The van der Waals surface area contributed by atoms with Gasteiger partial charge >= 0.3 is 0 Å². The molecule has 21 heavy (non-hydrogen) atoms. The number of aromatic nitrogens is 2. The third-order valence-corrected chi connectivity index (χ3v) is 3.95. The number of nitrogens with zero attached hydrogens (tertiary/aromatic N) is 4. The number of hydrogen-bond donors (Lipinski definition) is 1. The Labute approximate surface area is 128 Å². The van der Waals surface area contributed by atoms with E-state index in [0.29, 0.717) is 0 Å². The van der Waals surface area contributed by atoms with E-state index in [2.05, 4.69) is 45.9 Å². The lowest BCUT2D eigenvalue weighted by Gasteiger charge is -2.37. The SMILES string of the molecule is CCCc1c(NC)ncnc1N1CCN(CC(C)C)CC1. The summed E-state index contributed by atoms with van der Waals surface area (Å²) in [7, 11) is 1.94. The Hall–Kier alpha value is -1.36. The molecule has 0 bridgehead atoms. The topological polar surface area (TPSA) is 44.3 Å². The van der Waals surface area contributed by atoms with Crippen molar-refractivity contribution < 1.29 is 0 Å². The number of rotatable bonds is 6. The van der Waals surface area contributed by atoms with E-state index in [0.717, 1.165) is 56.6 Å². The summed E-state index contributed by atoms with van der Waals surface area (Å²) in [6.07, 6.45) is 3.82.